The van der Waals surface area contributed by atoms with Gasteiger partial charge in [-0.3, -0.25) is 4.40 Å². The van der Waals surface area contributed by atoms with Gasteiger partial charge < -0.3 is 14.2 Å². The van der Waals surface area contributed by atoms with Crippen molar-refractivity contribution in [1.29, 1.82) is 0 Å². The lowest BCUT2D eigenvalue weighted by molar-refractivity contribution is -0.0950. The van der Waals surface area contributed by atoms with Gasteiger partial charge in [0.15, 0.2) is 0 Å². The summed E-state index contributed by atoms with van der Waals surface area (Å²) in [7, 11) is 1.67. The van der Waals surface area contributed by atoms with Gasteiger partial charge >= 0.3 is 0 Å². The average Bonchev–Trinajstić information content (AvgIpc) is 3.27. The van der Waals surface area contributed by atoms with Crippen molar-refractivity contribution in [3.05, 3.63) is 77.9 Å². The van der Waals surface area contributed by atoms with E-state index in [0.29, 0.717) is 38.4 Å². The Bertz CT molecular complexity index is 1200. The molecule has 5 rings (SSSR count). The predicted octanol–water partition coefficient (Wildman–Crippen LogP) is 4.86. The quantitative estimate of drug-likeness (QED) is 0.475. The maximum atomic E-state index is 14.4. The van der Waals surface area contributed by atoms with Crippen LogP contribution in [-0.2, 0) is 21.7 Å². The van der Waals surface area contributed by atoms with Gasteiger partial charge in [-0.15, -0.1) is 0 Å². The Labute approximate surface area is 174 Å². The molecule has 2 aromatic heterocycles. The minimum absolute atomic E-state index is 0.327. The summed E-state index contributed by atoms with van der Waals surface area (Å²) in [6.07, 6.45) is 5.13. The van der Waals surface area contributed by atoms with Crippen LogP contribution in [0.1, 0.15) is 24.0 Å². The molecule has 1 fully saturated rings. The monoisotopic (exact) mass is 406 g/mol. The van der Waals surface area contributed by atoms with Crippen LogP contribution in [0.15, 0.2) is 60.9 Å². The van der Waals surface area contributed by atoms with E-state index in [-0.39, 0.29) is 5.82 Å². The second kappa shape index (κ2) is 7.70. The normalized spacial score (nSPS) is 16.2. The van der Waals surface area contributed by atoms with Crippen molar-refractivity contribution in [3.63, 3.8) is 0 Å². The summed E-state index contributed by atoms with van der Waals surface area (Å²) in [6, 6.07) is 15.0. The lowest BCUT2D eigenvalue weighted by Crippen LogP contribution is -2.35. The summed E-state index contributed by atoms with van der Waals surface area (Å²) in [6.45, 7) is 1.55. The third-order valence-electron chi connectivity index (χ3n) is 5.93. The smallest absolute Gasteiger partial charge is 0.137 e. The third kappa shape index (κ3) is 3.42. The Kier molecular flexibility index (Phi) is 4.89. The zero-order chi connectivity index (χ0) is 20.6. The van der Waals surface area contributed by atoms with Crippen LogP contribution in [0.4, 0.5) is 4.39 Å². The topological polar surface area (TPSA) is 45.0 Å². The van der Waals surface area contributed by atoms with Gasteiger partial charge in [0, 0.05) is 51.6 Å². The molecule has 4 aromatic rings. The van der Waals surface area contributed by atoms with Gasteiger partial charge in [-0.05, 0) is 52.9 Å². The van der Waals surface area contributed by atoms with Gasteiger partial charge in [-0.25, -0.2) is 9.37 Å². The molecule has 1 aliphatic rings. The van der Waals surface area contributed by atoms with Crippen molar-refractivity contribution in [3.8, 4) is 5.75 Å². The zero-order valence-electron chi connectivity index (χ0n) is 16.8. The summed E-state index contributed by atoms with van der Waals surface area (Å²) in [5.41, 5.74) is 3.28. The highest BCUT2D eigenvalue weighted by molar-refractivity contribution is 5.82. The van der Waals surface area contributed by atoms with Crippen LogP contribution in [0.5, 0.6) is 5.75 Å². The Hall–Kier alpha value is -2.96. The molecule has 0 radical (unpaired) electrons. The lowest BCUT2D eigenvalue weighted by Gasteiger charge is -2.36. The van der Waals surface area contributed by atoms with Crippen LogP contribution in [0, 0.1) is 5.82 Å². The highest BCUT2D eigenvalue weighted by Gasteiger charge is 2.35. The van der Waals surface area contributed by atoms with E-state index in [1.54, 1.807) is 13.3 Å². The van der Waals surface area contributed by atoms with Gasteiger partial charge in [0.2, 0.25) is 0 Å². The molecule has 0 saturated carbocycles. The number of hydrogen-bond acceptors (Lipinski definition) is 4. The maximum Gasteiger partial charge on any atom is 0.137 e. The molecule has 30 heavy (non-hydrogen) atoms. The van der Waals surface area contributed by atoms with Crippen LogP contribution >= 0.6 is 0 Å². The van der Waals surface area contributed by atoms with Crippen molar-refractivity contribution >= 4 is 16.6 Å². The number of ether oxygens (including phenoxy) is 3. The molecule has 3 heterocycles. The number of halogens is 1. The molecular weight excluding hydrogens is 383 g/mol. The number of aromatic nitrogens is 2. The second-order valence-electron chi connectivity index (χ2n) is 7.66. The summed E-state index contributed by atoms with van der Waals surface area (Å²) < 4.78 is 33.7. The first-order chi connectivity index (χ1) is 14.7. The number of pyridine rings is 1. The van der Waals surface area contributed by atoms with Crippen LogP contribution in [0.3, 0.4) is 0 Å². The Morgan fingerprint density at radius 1 is 1.10 bits per heavy atom. The number of hydrogen-bond donors (Lipinski definition) is 0. The molecule has 1 saturated heterocycles. The maximum absolute atomic E-state index is 14.4. The lowest BCUT2D eigenvalue weighted by atomic mass is 9.86. The standard InChI is InChI=1S/C24H23FN2O3/c1-28-24(6-10-29-11-7-24)19-13-20(25)15-21(14-19)30-16-17-2-4-22-18(12-17)3-5-23-26-8-9-27(22)23/h2-5,8-9,12-15H,6-7,10-11,16H2,1H3. The fourth-order valence-electron chi connectivity index (χ4n) is 4.24. The molecule has 0 amide bonds. The number of nitrogens with zero attached hydrogens (tertiary/aromatic N) is 2. The number of imidazole rings is 1. The average molecular weight is 406 g/mol. The molecule has 5 nitrogen and oxygen atoms in total. The molecule has 0 N–H and O–H groups in total. The fourth-order valence-corrected chi connectivity index (χ4v) is 4.24. The Balaban J connectivity index is 1.39. The number of rotatable bonds is 5. The van der Waals surface area contributed by atoms with Crippen LogP contribution in [-0.4, -0.2) is 29.7 Å². The molecule has 6 heteroatoms. The second-order valence-corrected chi connectivity index (χ2v) is 7.66. The molecule has 0 unspecified atom stereocenters. The summed E-state index contributed by atoms with van der Waals surface area (Å²) >= 11 is 0. The molecule has 0 spiro atoms. The minimum Gasteiger partial charge on any atom is -0.489 e. The van der Waals surface area contributed by atoms with Crippen molar-refractivity contribution in [2.75, 3.05) is 20.3 Å². The third-order valence-corrected chi connectivity index (χ3v) is 5.93. The van der Waals surface area contributed by atoms with Crippen LogP contribution in [0.25, 0.3) is 16.6 Å². The van der Waals surface area contributed by atoms with E-state index in [4.69, 9.17) is 14.2 Å². The van der Waals surface area contributed by atoms with Crippen molar-refractivity contribution in [2.45, 2.75) is 25.0 Å². The van der Waals surface area contributed by atoms with Gasteiger partial charge in [0.25, 0.3) is 0 Å². The largest absolute Gasteiger partial charge is 0.489 e. The van der Waals surface area contributed by atoms with Crippen molar-refractivity contribution < 1.29 is 18.6 Å². The first kappa shape index (κ1) is 19.0. The van der Waals surface area contributed by atoms with Gasteiger partial charge in [-0.2, -0.15) is 0 Å². The Morgan fingerprint density at radius 3 is 2.80 bits per heavy atom. The van der Waals surface area contributed by atoms with E-state index in [1.807, 2.05) is 24.4 Å². The summed E-state index contributed by atoms with van der Waals surface area (Å²) in [4.78, 5) is 4.32. The summed E-state index contributed by atoms with van der Waals surface area (Å²) in [5, 5.41) is 1.10. The van der Waals surface area contributed by atoms with Crippen LogP contribution in [0.2, 0.25) is 0 Å². The SMILES string of the molecule is COC1(c2cc(F)cc(OCc3ccc4c(ccc5nccn54)c3)c2)CCOCC1. The van der Waals surface area contributed by atoms with E-state index < -0.39 is 5.60 Å². The highest BCUT2D eigenvalue weighted by Crippen LogP contribution is 2.37. The number of methoxy groups -OCH3 is 1. The van der Waals surface area contributed by atoms with Crippen LogP contribution < -0.4 is 4.74 Å². The molecule has 2 aromatic carbocycles. The van der Waals surface area contributed by atoms with E-state index in [0.717, 1.165) is 27.7 Å². The Morgan fingerprint density at radius 2 is 1.97 bits per heavy atom. The minimum atomic E-state index is -0.530. The number of benzene rings is 2. The fraction of sp³-hybridized carbons (Fsp3) is 0.292. The van der Waals surface area contributed by atoms with E-state index in [9.17, 15) is 4.39 Å². The molecule has 0 atom stereocenters. The zero-order valence-corrected chi connectivity index (χ0v) is 16.8. The molecular formula is C24H23FN2O3. The first-order valence-corrected chi connectivity index (χ1v) is 10.1. The van der Waals surface area contributed by atoms with Gasteiger partial charge in [-0.1, -0.05) is 6.07 Å². The molecule has 0 aliphatic carbocycles. The number of fused-ring (bicyclic) bond motifs is 3. The van der Waals surface area contributed by atoms with Gasteiger partial charge in [0.05, 0.1) is 11.1 Å². The predicted molar refractivity (Wildman–Crippen MR) is 112 cm³/mol. The first-order valence-electron chi connectivity index (χ1n) is 10.1. The van der Waals surface area contributed by atoms with Gasteiger partial charge in [0.1, 0.15) is 23.8 Å². The molecule has 0 bridgehead atoms. The van der Waals surface area contributed by atoms with Crippen molar-refractivity contribution in [2.24, 2.45) is 0 Å². The summed E-state index contributed by atoms with van der Waals surface area (Å²) in [5.74, 6) is 0.171. The van der Waals surface area contributed by atoms with E-state index in [2.05, 4.69) is 27.6 Å². The highest BCUT2D eigenvalue weighted by atomic mass is 19.1. The molecule has 1 aliphatic heterocycles. The molecule has 154 valence electrons. The van der Waals surface area contributed by atoms with Crippen molar-refractivity contribution in [1.82, 2.24) is 9.38 Å². The van der Waals surface area contributed by atoms with E-state index >= 15 is 0 Å². The van der Waals surface area contributed by atoms with E-state index in [1.165, 1.54) is 12.1 Å².